The normalized spacial score (nSPS) is 11.3. The number of nitrogens with zero attached hydrogens (tertiary/aromatic N) is 2. The number of rotatable bonds is 6. The molecule has 0 bridgehead atoms. The number of ether oxygens (including phenoxy) is 1. The van der Waals surface area contributed by atoms with Gasteiger partial charge in [-0.25, -0.2) is 17.7 Å². The predicted octanol–water partition coefficient (Wildman–Crippen LogP) is 1.98. The average molecular weight is 349 g/mol. The molecule has 1 aromatic carbocycles. The minimum absolute atomic E-state index is 0.122. The number of amides is 1. The van der Waals surface area contributed by atoms with Gasteiger partial charge in [-0.3, -0.25) is 4.79 Å². The fraction of sp³-hybridized carbons (Fsp3) is 0.250. The molecule has 128 valence electrons. The number of pyridine rings is 1. The summed E-state index contributed by atoms with van der Waals surface area (Å²) in [6.45, 7) is 2.29. The molecule has 0 saturated carbocycles. The van der Waals surface area contributed by atoms with E-state index in [9.17, 15) is 13.2 Å². The molecular formula is C16H19N3O4S. The number of carbonyl (C=O) groups excluding carboxylic acids is 1. The van der Waals surface area contributed by atoms with Crippen LogP contribution in [0.25, 0.3) is 0 Å². The third-order valence-corrected chi connectivity index (χ3v) is 5.03. The summed E-state index contributed by atoms with van der Waals surface area (Å²) in [5.74, 6) is 0.387. The van der Waals surface area contributed by atoms with Gasteiger partial charge in [-0.2, -0.15) is 0 Å². The molecule has 1 amide bonds. The van der Waals surface area contributed by atoms with E-state index in [1.807, 2.05) is 6.92 Å². The minimum atomic E-state index is -3.52. The smallest absolute Gasteiger partial charge is 0.256 e. The predicted molar refractivity (Wildman–Crippen MR) is 90.7 cm³/mol. The Labute approximate surface area is 141 Å². The highest BCUT2D eigenvalue weighted by Gasteiger charge is 2.18. The first-order valence-corrected chi connectivity index (χ1v) is 8.72. The molecule has 0 radical (unpaired) electrons. The van der Waals surface area contributed by atoms with Crippen LogP contribution in [-0.2, 0) is 10.0 Å². The number of aromatic nitrogens is 1. The molecule has 24 heavy (non-hydrogen) atoms. The van der Waals surface area contributed by atoms with E-state index in [0.29, 0.717) is 23.7 Å². The molecule has 0 unspecified atom stereocenters. The van der Waals surface area contributed by atoms with Gasteiger partial charge in [0.2, 0.25) is 10.0 Å². The quantitative estimate of drug-likeness (QED) is 0.861. The van der Waals surface area contributed by atoms with Gasteiger partial charge in [0.1, 0.15) is 0 Å². The van der Waals surface area contributed by atoms with Crippen molar-refractivity contribution in [2.24, 2.45) is 0 Å². The van der Waals surface area contributed by atoms with Crippen LogP contribution in [0.1, 0.15) is 17.3 Å². The second-order valence-corrected chi connectivity index (χ2v) is 7.20. The topological polar surface area (TPSA) is 88.6 Å². The summed E-state index contributed by atoms with van der Waals surface area (Å²) < 4.78 is 30.6. The van der Waals surface area contributed by atoms with Gasteiger partial charge in [-0.15, -0.1) is 0 Å². The molecule has 2 aromatic rings. The summed E-state index contributed by atoms with van der Waals surface area (Å²) in [6, 6.07) is 9.11. The molecule has 0 aliphatic rings. The Hall–Kier alpha value is -2.45. The second-order valence-electron chi connectivity index (χ2n) is 5.05. The van der Waals surface area contributed by atoms with Crippen LogP contribution in [0.15, 0.2) is 47.5 Å². The lowest BCUT2D eigenvalue weighted by Crippen LogP contribution is -2.22. The van der Waals surface area contributed by atoms with Crippen molar-refractivity contribution in [3.8, 4) is 5.75 Å². The van der Waals surface area contributed by atoms with Crippen LogP contribution in [0.4, 0.5) is 5.82 Å². The Morgan fingerprint density at radius 2 is 1.88 bits per heavy atom. The van der Waals surface area contributed by atoms with Gasteiger partial charge in [-0.05, 0) is 43.3 Å². The number of carbonyl (C=O) groups is 1. The van der Waals surface area contributed by atoms with E-state index >= 15 is 0 Å². The van der Waals surface area contributed by atoms with Crippen LogP contribution in [0.5, 0.6) is 5.75 Å². The molecule has 0 aliphatic heterocycles. The van der Waals surface area contributed by atoms with Gasteiger partial charge in [0.15, 0.2) is 11.6 Å². The third kappa shape index (κ3) is 3.90. The monoisotopic (exact) mass is 349 g/mol. The third-order valence-electron chi connectivity index (χ3n) is 3.20. The summed E-state index contributed by atoms with van der Waals surface area (Å²) in [6.07, 6.45) is 1.55. The molecule has 0 aliphatic carbocycles. The fourth-order valence-electron chi connectivity index (χ4n) is 1.93. The van der Waals surface area contributed by atoms with Crippen molar-refractivity contribution in [2.75, 3.05) is 26.0 Å². The molecule has 1 aromatic heterocycles. The van der Waals surface area contributed by atoms with Crippen molar-refractivity contribution in [3.05, 3.63) is 48.2 Å². The molecule has 0 atom stereocenters. The minimum Gasteiger partial charge on any atom is -0.490 e. The fourth-order valence-corrected chi connectivity index (χ4v) is 2.83. The van der Waals surface area contributed by atoms with Crippen LogP contribution in [0, 0.1) is 0 Å². The summed E-state index contributed by atoms with van der Waals surface area (Å²) >= 11 is 0. The Bertz CT molecular complexity index is 817. The Morgan fingerprint density at radius 3 is 2.46 bits per heavy atom. The lowest BCUT2D eigenvalue weighted by Gasteiger charge is -2.12. The molecular weight excluding hydrogens is 330 g/mol. The molecule has 7 nitrogen and oxygen atoms in total. The highest BCUT2D eigenvalue weighted by molar-refractivity contribution is 7.89. The second kappa shape index (κ2) is 7.41. The van der Waals surface area contributed by atoms with Crippen molar-refractivity contribution in [1.29, 1.82) is 0 Å². The Morgan fingerprint density at radius 1 is 1.21 bits per heavy atom. The van der Waals surface area contributed by atoms with E-state index in [1.54, 1.807) is 18.3 Å². The number of hydrogen-bond acceptors (Lipinski definition) is 5. The Kier molecular flexibility index (Phi) is 5.53. The number of hydrogen-bond donors (Lipinski definition) is 1. The van der Waals surface area contributed by atoms with Crippen LogP contribution in [0.3, 0.4) is 0 Å². The number of anilines is 1. The summed E-state index contributed by atoms with van der Waals surface area (Å²) in [4.78, 5) is 16.5. The van der Waals surface area contributed by atoms with Crippen LogP contribution in [0.2, 0.25) is 0 Å². The first kappa shape index (κ1) is 17.9. The van der Waals surface area contributed by atoms with Gasteiger partial charge in [0.05, 0.1) is 11.5 Å². The summed E-state index contributed by atoms with van der Waals surface area (Å²) in [5.41, 5.74) is 0.320. The zero-order chi connectivity index (χ0) is 17.7. The van der Waals surface area contributed by atoms with E-state index in [4.69, 9.17) is 4.74 Å². The standard InChI is InChI=1S/C16H19N3O4S/c1-4-23-14-6-5-11-17-15(14)18-16(20)12-7-9-13(10-8-12)24(21,22)19(2)3/h5-11H,4H2,1-3H3,(H,17,18,20). The summed E-state index contributed by atoms with van der Waals surface area (Å²) in [5, 5.41) is 2.66. The number of benzene rings is 1. The van der Waals surface area contributed by atoms with Crippen molar-refractivity contribution in [1.82, 2.24) is 9.29 Å². The van der Waals surface area contributed by atoms with E-state index in [0.717, 1.165) is 4.31 Å². The van der Waals surface area contributed by atoms with Gasteiger partial charge >= 0.3 is 0 Å². The van der Waals surface area contributed by atoms with E-state index < -0.39 is 15.9 Å². The van der Waals surface area contributed by atoms with Crippen LogP contribution in [-0.4, -0.2) is 44.3 Å². The number of sulfonamides is 1. The number of nitrogens with one attached hydrogen (secondary N) is 1. The molecule has 1 N–H and O–H groups in total. The molecule has 8 heteroatoms. The summed E-state index contributed by atoms with van der Waals surface area (Å²) in [7, 11) is -0.622. The van der Waals surface area contributed by atoms with Crippen LogP contribution >= 0.6 is 0 Å². The maximum Gasteiger partial charge on any atom is 0.256 e. The largest absolute Gasteiger partial charge is 0.490 e. The molecule has 0 spiro atoms. The van der Waals surface area contributed by atoms with Gasteiger partial charge < -0.3 is 10.1 Å². The molecule has 1 heterocycles. The lowest BCUT2D eigenvalue weighted by molar-refractivity contribution is 0.102. The highest BCUT2D eigenvalue weighted by Crippen LogP contribution is 2.22. The van der Waals surface area contributed by atoms with E-state index in [1.165, 1.54) is 38.4 Å². The lowest BCUT2D eigenvalue weighted by atomic mass is 10.2. The molecule has 2 rings (SSSR count). The van der Waals surface area contributed by atoms with Crippen molar-refractivity contribution in [2.45, 2.75) is 11.8 Å². The van der Waals surface area contributed by atoms with E-state index in [2.05, 4.69) is 10.3 Å². The SMILES string of the molecule is CCOc1cccnc1NC(=O)c1ccc(S(=O)(=O)N(C)C)cc1. The van der Waals surface area contributed by atoms with Gasteiger partial charge in [0, 0.05) is 25.9 Å². The van der Waals surface area contributed by atoms with Crippen LogP contribution < -0.4 is 10.1 Å². The first-order chi connectivity index (χ1) is 11.4. The first-order valence-electron chi connectivity index (χ1n) is 7.28. The zero-order valence-corrected chi connectivity index (χ0v) is 14.5. The highest BCUT2D eigenvalue weighted by atomic mass is 32.2. The van der Waals surface area contributed by atoms with Crippen molar-refractivity contribution >= 4 is 21.7 Å². The molecule has 0 saturated heterocycles. The maximum atomic E-state index is 12.3. The molecule has 0 fully saturated rings. The average Bonchev–Trinajstić information content (AvgIpc) is 2.57. The Balaban J connectivity index is 2.20. The van der Waals surface area contributed by atoms with E-state index in [-0.39, 0.29) is 4.90 Å². The van der Waals surface area contributed by atoms with Gasteiger partial charge in [0.25, 0.3) is 5.91 Å². The van der Waals surface area contributed by atoms with Crippen molar-refractivity contribution in [3.63, 3.8) is 0 Å². The zero-order valence-electron chi connectivity index (χ0n) is 13.7. The van der Waals surface area contributed by atoms with Crippen molar-refractivity contribution < 1.29 is 17.9 Å². The van der Waals surface area contributed by atoms with Gasteiger partial charge in [-0.1, -0.05) is 0 Å². The maximum absolute atomic E-state index is 12.3.